The van der Waals surface area contributed by atoms with Crippen molar-refractivity contribution >= 4 is 33.8 Å². The second kappa shape index (κ2) is 4.74. The predicted octanol–water partition coefficient (Wildman–Crippen LogP) is 2.14. The van der Waals surface area contributed by atoms with E-state index in [1.165, 1.54) is 11.3 Å². The summed E-state index contributed by atoms with van der Waals surface area (Å²) in [4.78, 5) is 19.3. The largest absolute Gasteiger partial charge is 0.399 e. The third-order valence-corrected chi connectivity index (χ3v) is 3.61. The summed E-state index contributed by atoms with van der Waals surface area (Å²) in [6, 6.07) is 5.46. The zero-order valence-corrected chi connectivity index (χ0v) is 10.8. The zero-order chi connectivity index (χ0) is 13.2. The van der Waals surface area contributed by atoms with Crippen molar-refractivity contribution in [2.75, 3.05) is 5.73 Å². The number of H-pyrrole nitrogens is 1. The Morgan fingerprint density at radius 2 is 2.37 bits per heavy atom. The van der Waals surface area contributed by atoms with E-state index in [0.29, 0.717) is 17.8 Å². The van der Waals surface area contributed by atoms with Crippen LogP contribution in [0.4, 0.5) is 5.69 Å². The minimum Gasteiger partial charge on any atom is -0.399 e. The fraction of sp³-hybridized carbons (Fsp3) is 0.0769. The molecule has 3 rings (SSSR count). The van der Waals surface area contributed by atoms with Gasteiger partial charge in [-0.2, -0.15) is 0 Å². The highest BCUT2D eigenvalue weighted by Crippen LogP contribution is 2.20. The predicted molar refractivity (Wildman–Crippen MR) is 76.0 cm³/mol. The average molecular weight is 272 g/mol. The van der Waals surface area contributed by atoms with Crippen LogP contribution in [0.15, 0.2) is 36.0 Å². The summed E-state index contributed by atoms with van der Waals surface area (Å²) in [5.74, 6) is -0.132. The van der Waals surface area contributed by atoms with E-state index in [1.807, 2.05) is 11.4 Å². The molecule has 0 bridgehead atoms. The molecule has 0 saturated heterocycles. The van der Waals surface area contributed by atoms with E-state index < -0.39 is 0 Å². The minimum absolute atomic E-state index is 0.132. The number of carbonyl (C=O) groups is 1. The van der Waals surface area contributed by atoms with Crippen molar-refractivity contribution in [1.82, 2.24) is 15.3 Å². The van der Waals surface area contributed by atoms with E-state index >= 15 is 0 Å². The van der Waals surface area contributed by atoms with Gasteiger partial charge in [0, 0.05) is 34.4 Å². The van der Waals surface area contributed by atoms with Crippen molar-refractivity contribution in [3.8, 4) is 0 Å². The number of carbonyl (C=O) groups excluding carboxylic acids is 1. The van der Waals surface area contributed by atoms with Gasteiger partial charge >= 0.3 is 0 Å². The Balaban J connectivity index is 1.83. The highest BCUT2D eigenvalue weighted by atomic mass is 32.1. The number of nitrogen functional groups attached to an aromatic ring is 1. The molecule has 0 aliphatic heterocycles. The van der Waals surface area contributed by atoms with Gasteiger partial charge in [0.1, 0.15) is 5.01 Å². The molecule has 5 nitrogen and oxygen atoms in total. The number of rotatable bonds is 3. The van der Waals surface area contributed by atoms with Crippen molar-refractivity contribution in [3.63, 3.8) is 0 Å². The molecule has 0 fully saturated rings. The number of anilines is 1. The first-order valence-corrected chi connectivity index (χ1v) is 6.65. The average Bonchev–Trinajstić information content (AvgIpc) is 3.04. The third-order valence-electron chi connectivity index (χ3n) is 2.83. The molecule has 0 spiro atoms. The van der Waals surface area contributed by atoms with Crippen molar-refractivity contribution in [1.29, 1.82) is 0 Å². The van der Waals surface area contributed by atoms with Gasteiger partial charge in [0.25, 0.3) is 5.91 Å². The number of fused-ring (bicyclic) bond motifs is 1. The van der Waals surface area contributed by atoms with Crippen LogP contribution in [0.25, 0.3) is 10.9 Å². The Morgan fingerprint density at radius 3 is 3.16 bits per heavy atom. The number of nitrogens with zero attached hydrogens (tertiary/aromatic N) is 1. The highest BCUT2D eigenvalue weighted by Gasteiger charge is 2.12. The van der Waals surface area contributed by atoms with E-state index in [4.69, 9.17) is 5.73 Å². The first kappa shape index (κ1) is 11.7. The summed E-state index contributed by atoms with van der Waals surface area (Å²) in [6.07, 6.45) is 3.42. The molecule has 0 aliphatic carbocycles. The summed E-state index contributed by atoms with van der Waals surface area (Å²) in [5, 5.41) is 6.44. The molecule has 96 valence electrons. The molecule has 2 heterocycles. The number of thiazole rings is 1. The van der Waals surface area contributed by atoms with Crippen LogP contribution >= 0.6 is 11.3 Å². The number of nitrogens with one attached hydrogen (secondary N) is 2. The van der Waals surface area contributed by atoms with Gasteiger partial charge in [-0.3, -0.25) is 4.79 Å². The SMILES string of the molecule is Nc1ccc2[nH]cc(C(=O)NCc3nccs3)c2c1. The summed E-state index contributed by atoms with van der Waals surface area (Å²) < 4.78 is 0. The molecule has 1 amide bonds. The van der Waals surface area contributed by atoms with Crippen molar-refractivity contribution < 1.29 is 4.79 Å². The van der Waals surface area contributed by atoms with Crippen LogP contribution in [0.1, 0.15) is 15.4 Å². The molecule has 2 aromatic heterocycles. The van der Waals surface area contributed by atoms with Crippen LogP contribution in [0.5, 0.6) is 0 Å². The monoisotopic (exact) mass is 272 g/mol. The molecule has 0 aliphatic rings. The van der Waals surface area contributed by atoms with E-state index in [2.05, 4.69) is 15.3 Å². The van der Waals surface area contributed by atoms with Crippen molar-refractivity contribution in [2.45, 2.75) is 6.54 Å². The Morgan fingerprint density at radius 1 is 1.47 bits per heavy atom. The molecule has 0 unspecified atom stereocenters. The van der Waals surface area contributed by atoms with E-state index in [9.17, 15) is 4.79 Å². The van der Waals surface area contributed by atoms with Gasteiger partial charge in [-0.05, 0) is 18.2 Å². The Hall–Kier alpha value is -2.34. The Bertz CT molecular complexity index is 717. The molecule has 19 heavy (non-hydrogen) atoms. The van der Waals surface area contributed by atoms with Crippen LogP contribution in [0.3, 0.4) is 0 Å². The number of benzene rings is 1. The molecule has 4 N–H and O–H groups in total. The van der Waals surface area contributed by atoms with Gasteiger partial charge in [0.2, 0.25) is 0 Å². The second-order valence-electron chi connectivity index (χ2n) is 4.12. The standard InChI is InChI=1S/C13H12N4OS/c14-8-1-2-11-9(5-8)10(6-16-11)13(18)17-7-12-15-3-4-19-12/h1-6,16H,7,14H2,(H,17,18). The number of aromatic amines is 1. The first-order chi connectivity index (χ1) is 9.24. The minimum atomic E-state index is -0.132. The summed E-state index contributed by atoms with van der Waals surface area (Å²) in [7, 11) is 0. The number of nitrogens with two attached hydrogens (primary N) is 1. The van der Waals surface area contributed by atoms with Gasteiger partial charge < -0.3 is 16.0 Å². The third kappa shape index (κ3) is 2.30. The molecular formula is C13H12N4OS. The van der Waals surface area contributed by atoms with Crippen LogP contribution < -0.4 is 11.1 Å². The van der Waals surface area contributed by atoms with Crippen molar-refractivity contribution in [2.24, 2.45) is 0 Å². The molecule has 3 aromatic rings. The van der Waals surface area contributed by atoms with Gasteiger partial charge in [0.05, 0.1) is 12.1 Å². The molecule has 0 atom stereocenters. The number of aromatic nitrogens is 2. The van der Waals surface area contributed by atoms with Crippen LogP contribution in [-0.4, -0.2) is 15.9 Å². The molecule has 0 saturated carbocycles. The smallest absolute Gasteiger partial charge is 0.253 e. The molecular weight excluding hydrogens is 260 g/mol. The fourth-order valence-electron chi connectivity index (χ4n) is 1.92. The quantitative estimate of drug-likeness (QED) is 0.639. The maximum atomic E-state index is 12.1. The Kier molecular flexibility index (Phi) is 2.92. The zero-order valence-electron chi connectivity index (χ0n) is 10.0. The van der Waals surface area contributed by atoms with E-state index in [-0.39, 0.29) is 5.91 Å². The lowest BCUT2D eigenvalue weighted by atomic mass is 10.1. The topological polar surface area (TPSA) is 83.8 Å². The number of amides is 1. The Labute approximate surface area is 113 Å². The summed E-state index contributed by atoms with van der Waals surface area (Å²) >= 11 is 1.51. The van der Waals surface area contributed by atoms with Gasteiger partial charge in [-0.1, -0.05) is 0 Å². The molecule has 1 aromatic carbocycles. The van der Waals surface area contributed by atoms with E-state index in [0.717, 1.165) is 15.9 Å². The van der Waals surface area contributed by atoms with E-state index in [1.54, 1.807) is 24.5 Å². The van der Waals surface area contributed by atoms with Crippen LogP contribution in [0.2, 0.25) is 0 Å². The van der Waals surface area contributed by atoms with Crippen LogP contribution in [-0.2, 0) is 6.54 Å². The maximum Gasteiger partial charge on any atom is 0.253 e. The van der Waals surface area contributed by atoms with Crippen molar-refractivity contribution in [3.05, 3.63) is 46.5 Å². The molecule has 0 radical (unpaired) electrons. The first-order valence-electron chi connectivity index (χ1n) is 5.77. The lowest BCUT2D eigenvalue weighted by Gasteiger charge is -2.02. The van der Waals surface area contributed by atoms with Crippen LogP contribution in [0, 0.1) is 0 Å². The summed E-state index contributed by atoms with van der Waals surface area (Å²) in [5.41, 5.74) is 7.88. The highest BCUT2D eigenvalue weighted by molar-refractivity contribution is 7.09. The number of hydrogen-bond acceptors (Lipinski definition) is 4. The van der Waals surface area contributed by atoms with Gasteiger partial charge in [-0.25, -0.2) is 4.98 Å². The maximum absolute atomic E-state index is 12.1. The normalized spacial score (nSPS) is 10.7. The lowest BCUT2D eigenvalue weighted by molar-refractivity contribution is 0.0952. The second-order valence-corrected chi connectivity index (χ2v) is 5.10. The lowest BCUT2D eigenvalue weighted by Crippen LogP contribution is -2.22. The summed E-state index contributed by atoms with van der Waals surface area (Å²) in [6.45, 7) is 0.436. The fourth-order valence-corrected chi connectivity index (χ4v) is 2.47. The van der Waals surface area contributed by atoms with Gasteiger partial charge in [-0.15, -0.1) is 11.3 Å². The molecule has 6 heteroatoms. The van der Waals surface area contributed by atoms with Gasteiger partial charge in [0.15, 0.2) is 0 Å². The number of hydrogen-bond donors (Lipinski definition) is 3.